The van der Waals surface area contributed by atoms with Crippen LogP contribution in [-0.2, 0) is 6.42 Å². The lowest BCUT2D eigenvalue weighted by Gasteiger charge is -2.30. The van der Waals surface area contributed by atoms with Gasteiger partial charge in [-0.2, -0.15) is 0 Å². The molecule has 5 heteroatoms. The highest BCUT2D eigenvalue weighted by molar-refractivity contribution is 9.10. The third-order valence-electron chi connectivity index (χ3n) is 4.00. The van der Waals surface area contributed by atoms with E-state index in [0.29, 0.717) is 0 Å². The molecule has 22 heavy (non-hydrogen) atoms. The van der Waals surface area contributed by atoms with E-state index in [4.69, 9.17) is 21.1 Å². The first kappa shape index (κ1) is 15.5. The van der Waals surface area contributed by atoms with Gasteiger partial charge in [0.2, 0.25) is 0 Å². The first-order valence-corrected chi connectivity index (χ1v) is 8.26. The van der Waals surface area contributed by atoms with Gasteiger partial charge in [0.05, 0.1) is 31.0 Å². The summed E-state index contributed by atoms with van der Waals surface area (Å²) in [5.41, 5.74) is 3.29. The van der Waals surface area contributed by atoms with Crippen LogP contribution in [0, 0.1) is 0 Å². The summed E-state index contributed by atoms with van der Waals surface area (Å²) < 4.78 is 11.7. The summed E-state index contributed by atoms with van der Waals surface area (Å²) in [5.74, 6) is 1.67. The summed E-state index contributed by atoms with van der Waals surface area (Å²) in [6.45, 7) is 0. The Labute approximate surface area is 143 Å². The predicted octanol–water partition coefficient (Wildman–Crippen LogP) is 5.22. The molecule has 0 aliphatic carbocycles. The minimum absolute atomic E-state index is 0.216. The molecule has 1 unspecified atom stereocenters. The summed E-state index contributed by atoms with van der Waals surface area (Å²) in [5, 5.41) is 4.32. The van der Waals surface area contributed by atoms with Crippen molar-refractivity contribution in [2.45, 2.75) is 18.9 Å². The fourth-order valence-corrected chi connectivity index (χ4v) is 3.54. The maximum Gasteiger partial charge on any atom is 0.143 e. The van der Waals surface area contributed by atoms with Crippen LogP contribution in [0.2, 0.25) is 5.02 Å². The van der Waals surface area contributed by atoms with Gasteiger partial charge in [0.25, 0.3) is 0 Å². The van der Waals surface area contributed by atoms with Crippen LogP contribution in [-0.4, -0.2) is 14.2 Å². The molecular weight excluding hydrogens is 366 g/mol. The molecule has 0 radical (unpaired) electrons. The fraction of sp³-hybridized carbons (Fsp3) is 0.294. The van der Waals surface area contributed by atoms with Crippen molar-refractivity contribution in [2.24, 2.45) is 0 Å². The van der Waals surface area contributed by atoms with Gasteiger partial charge in [0, 0.05) is 4.47 Å². The molecule has 0 spiro atoms. The Morgan fingerprint density at radius 2 is 2.05 bits per heavy atom. The fourth-order valence-electron chi connectivity index (χ4n) is 2.85. The number of hydrogen-bond donors (Lipinski definition) is 1. The Bertz CT molecular complexity index is 705. The lowest BCUT2D eigenvalue weighted by Crippen LogP contribution is -2.19. The molecule has 1 atom stereocenters. The van der Waals surface area contributed by atoms with Gasteiger partial charge in [-0.15, -0.1) is 0 Å². The maximum absolute atomic E-state index is 6.42. The van der Waals surface area contributed by atoms with Gasteiger partial charge in [0.15, 0.2) is 0 Å². The average molecular weight is 383 g/mol. The van der Waals surface area contributed by atoms with Crippen molar-refractivity contribution in [1.82, 2.24) is 0 Å². The van der Waals surface area contributed by atoms with E-state index in [1.165, 1.54) is 5.56 Å². The second-order valence-electron chi connectivity index (χ2n) is 5.24. The van der Waals surface area contributed by atoms with Gasteiger partial charge in [0.1, 0.15) is 11.5 Å². The van der Waals surface area contributed by atoms with E-state index >= 15 is 0 Å². The highest BCUT2D eigenvalue weighted by Crippen LogP contribution is 2.45. The number of rotatable bonds is 3. The van der Waals surface area contributed by atoms with Crippen molar-refractivity contribution < 1.29 is 9.47 Å². The summed E-state index contributed by atoms with van der Waals surface area (Å²) in [6.07, 6.45) is 1.87. The quantitative estimate of drug-likeness (QED) is 0.789. The lowest BCUT2D eigenvalue weighted by molar-refractivity contribution is 0.412. The molecule has 3 nitrogen and oxygen atoms in total. The molecule has 0 aromatic heterocycles. The van der Waals surface area contributed by atoms with Crippen molar-refractivity contribution in [2.75, 3.05) is 19.5 Å². The second-order valence-corrected chi connectivity index (χ2v) is 6.47. The van der Waals surface area contributed by atoms with E-state index in [9.17, 15) is 0 Å². The second kappa shape index (κ2) is 6.39. The summed E-state index contributed by atoms with van der Waals surface area (Å²) in [6, 6.07) is 10.3. The van der Waals surface area contributed by atoms with Crippen LogP contribution in [0.1, 0.15) is 23.6 Å². The number of hydrogen-bond acceptors (Lipinski definition) is 3. The number of anilines is 1. The van der Waals surface area contributed by atoms with Crippen LogP contribution >= 0.6 is 27.5 Å². The third kappa shape index (κ3) is 2.77. The van der Waals surface area contributed by atoms with E-state index in [0.717, 1.165) is 45.1 Å². The normalized spacial score (nSPS) is 16.6. The van der Waals surface area contributed by atoms with E-state index < -0.39 is 0 Å². The minimum Gasteiger partial charge on any atom is -0.497 e. The number of fused-ring (bicyclic) bond motifs is 1. The Balaban J connectivity index is 1.98. The predicted molar refractivity (Wildman–Crippen MR) is 93.4 cm³/mol. The molecular formula is C17H17BrClNO2. The van der Waals surface area contributed by atoms with Gasteiger partial charge in [-0.3, -0.25) is 0 Å². The molecule has 1 aliphatic heterocycles. The molecule has 2 aromatic rings. The first-order valence-electron chi connectivity index (χ1n) is 7.09. The molecule has 0 amide bonds. The van der Waals surface area contributed by atoms with E-state index in [-0.39, 0.29) is 6.04 Å². The van der Waals surface area contributed by atoms with Crippen LogP contribution < -0.4 is 14.8 Å². The summed E-state index contributed by atoms with van der Waals surface area (Å²) >= 11 is 9.91. The van der Waals surface area contributed by atoms with Crippen molar-refractivity contribution in [3.63, 3.8) is 0 Å². The molecule has 0 saturated heterocycles. The minimum atomic E-state index is 0.216. The molecule has 3 rings (SSSR count). The van der Waals surface area contributed by atoms with E-state index in [1.807, 2.05) is 18.2 Å². The average Bonchev–Trinajstić information content (AvgIpc) is 2.57. The van der Waals surface area contributed by atoms with Crippen LogP contribution in [0.4, 0.5) is 5.69 Å². The lowest BCUT2D eigenvalue weighted by atomic mass is 9.93. The molecule has 0 saturated carbocycles. The Kier molecular flexibility index (Phi) is 4.50. The van der Waals surface area contributed by atoms with Crippen molar-refractivity contribution in [3.8, 4) is 11.5 Å². The highest BCUT2D eigenvalue weighted by Gasteiger charge is 2.25. The Morgan fingerprint density at radius 1 is 1.23 bits per heavy atom. The monoisotopic (exact) mass is 381 g/mol. The van der Waals surface area contributed by atoms with Gasteiger partial charge in [-0.25, -0.2) is 0 Å². The molecule has 1 N–H and O–H groups in total. The third-order valence-corrected chi connectivity index (χ3v) is 5.28. The number of methoxy groups -OCH3 is 2. The molecule has 0 bridgehead atoms. The summed E-state index contributed by atoms with van der Waals surface area (Å²) in [4.78, 5) is 0. The summed E-state index contributed by atoms with van der Waals surface area (Å²) in [7, 11) is 3.36. The van der Waals surface area contributed by atoms with Gasteiger partial charge >= 0.3 is 0 Å². The molecule has 0 fully saturated rings. The largest absolute Gasteiger partial charge is 0.497 e. The van der Waals surface area contributed by atoms with E-state index in [1.54, 1.807) is 14.2 Å². The topological polar surface area (TPSA) is 30.5 Å². The smallest absolute Gasteiger partial charge is 0.143 e. The zero-order valence-electron chi connectivity index (χ0n) is 12.5. The Morgan fingerprint density at radius 3 is 2.77 bits per heavy atom. The van der Waals surface area contributed by atoms with Crippen LogP contribution in [0.3, 0.4) is 0 Å². The molecule has 1 aliphatic rings. The van der Waals surface area contributed by atoms with Crippen molar-refractivity contribution in [1.29, 1.82) is 0 Å². The standard InChI is InChI=1S/C17H17BrClNO2/c1-21-11-5-3-4-10(8-11)14-7-6-12-16(19)13(18)9-15(22-2)17(12)20-14/h3-5,8-9,14,20H,6-7H2,1-2H3. The zero-order valence-corrected chi connectivity index (χ0v) is 14.8. The first-order chi connectivity index (χ1) is 10.6. The van der Waals surface area contributed by atoms with Gasteiger partial charge in [-0.1, -0.05) is 23.7 Å². The molecule has 116 valence electrons. The zero-order chi connectivity index (χ0) is 15.7. The van der Waals surface area contributed by atoms with Crippen molar-refractivity contribution in [3.05, 3.63) is 51.0 Å². The van der Waals surface area contributed by atoms with Crippen molar-refractivity contribution >= 4 is 33.2 Å². The van der Waals surface area contributed by atoms with Gasteiger partial charge in [-0.05, 0) is 58.1 Å². The molecule has 2 aromatic carbocycles. The molecule has 1 heterocycles. The van der Waals surface area contributed by atoms with Crippen LogP contribution in [0.25, 0.3) is 0 Å². The van der Waals surface area contributed by atoms with E-state index in [2.05, 4.69) is 33.4 Å². The number of benzene rings is 2. The number of nitrogens with one attached hydrogen (secondary N) is 1. The maximum atomic E-state index is 6.42. The number of halogens is 2. The van der Waals surface area contributed by atoms with Crippen LogP contribution in [0.15, 0.2) is 34.8 Å². The SMILES string of the molecule is COc1cccc(C2CCc3c(Cl)c(Br)cc(OC)c3N2)c1. The highest BCUT2D eigenvalue weighted by atomic mass is 79.9. The number of ether oxygens (including phenoxy) is 2. The Hall–Kier alpha value is -1.39. The van der Waals surface area contributed by atoms with Crippen LogP contribution in [0.5, 0.6) is 11.5 Å². The van der Waals surface area contributed by atoms with Gasteiger partial charge < -0.3 is 14.8 Å².